The molecule has 1 aliphatic heterocycles. The molecule has 0 aromatic heterocycles. The van der Waals surface area contributed by atoms with Crippen molar-refractivity contribution in [3.8, 4) is 89.4 Å². The average molecular weight is 1290 g/mol. The predicted molar refractivity (Wildman–Crippen MR) is 420 cm³/mol. The lowest BCUT2D eigenvalue weighted by molar-refractivity contribution is 0.477. The summed E-state index contributed by atoms with van der Waals surface area (Å²) in [6.07, 6.45) is 0. The molecule has 4 nitrogen and oxygen atoms in total. The average Bonchev–Trinajstić information content (AvgIpc) is 1.54. The molecule has 1 heterocycles. The minimum absolute atomic E-state index is 0.723. The summed E-state index contributed by atoms with van der Waals surface area (Å²) in [5, 5.41) is 0. The molecule has 2 aliphatic rings. The summed E-state index contributed by atoms with van der Waals surface area (Å²) in [7, 11) is 0. The van der Waals surface area contributed by atoms with Gasteiger partial charge in [-0.3, -0.25) is 0 Å². The Labute approximate surface area is 590 Å². The molecule has 0 saturated carbocycles. The second-order valence-corrected chi connectivity index (χ2v) is 25.9. The Morgan fingerprint density at radius 2 is 0.554 bits per heavy atom. The van der Waals surface area contributed by atoms with Gasteiger partial charge in [-0.15, -0.1) is 0 Å². The molecule has 1 aliphatic carbocycles. The van der Waals surface area contributed by atoms with Gasteiger partial charge in [-0.25, -0.2) is 0 Å². The molecule has 1 unspecified atom stereocenters. The molecule has 101 heavy (non-hydrogen) atoms. The zero-order chi connectivity index (χ0) is 67.1. The molecule has 16 aromatic rings. The molecule has 0 fully saturated rings. The van der Waals surface area contributed by atoms with Crippen LogP contribution in [-0.2, 0) is 5.41 Å². The monoisotopic (exact) mass is 1290 g/mol. The first kappa shape index (κ1) is 60.2. The van der Waals surface area contributed by atoms with Gasteiger partial charge in [0.25, 0.3) is 0 Å². The number of anilines is 9. The molecule has 0 N–H and O–H groups in total. The third kappa shape index (κ3) is 11.0. The fourth-order valence-corrected chi connectivity index (χ4v) is 15.3. The number of hydrogen-bond acceptors (Lipinski definition) is 4. The van der Waals surface area contributed by atoms with Gasteiger partial charge in [0.2, 0.25) is 0 Å². The van der Waals surface area contributed by atoms with Crippen LogP contribution >= 0.6 is 0 Å². The predicted octanol–water partition coefficient (Wildman–Crippen LogP) is 26.6. The Morgan fingerprint density at radius 1 is 0.228 bits per heavy atom. The van der Waals surface area contributed by atoms with E-state index < -0.39 is 5.41 Å². The van der Waals surface area contributed by atoms with E-state index in [2.05, 4.69) is 397 Å². The third-order valence-corrected chi connectivity index (χ3v) is 20.2. The first-order valence-corrected chi connectivity index (χ1v) is 34.6. The zero-order valence-electron chi connectivity index (χ0n) is 55.4. The molecular weight excluding hydrogens is 1220 g/mol. The minimum atomic E-state index is -0.723. The number of ether oxygens (including phenoxy) is 1. The highest BCUT2D eigenvalue weighted by Gasteiger charge is 2.48. The number of rotatable bonds is 15. The van der Waals surface area contributed by atoms with Crippen LogP contribution in [0.1, 0.15) is 22.3 Å². The van der Waals surface area contributed by atoms with Gasteiger partial charge in [0, 0.05) is 39.7 Å². The maximum Gasteiger partial charge on any atom is 0.151 e. The van der Waals surface area contributed by atoms with Crippen molar-refractivity contribution in [3.05, 3.63) is 429 Å². The summed E-state index contributed by atoms with van der Waals surface area (Å²) in [5.74, 6) is 1.69. The quantitative estimate of drug-likeness (QED) is 0.102. The molecule has 0 bridgehead atoms. The van der Waals surface area contributed by atoms with Gasteiger partial charge in [0.15, 0.2) is 11.5 Å². The molecule has 1 atom stereocenters. The number of benzene rings is 16. The van der Waals surface area contributed by atoms with Crippen molar-refractivity contribution in [2.75, 3.05) is 14.7 Å². The van der Waals surface area contributed by atoms with Gasteiger partial charge in [-0.2, -0.15) is 0 Å². The van der Waals surface area contributed by atoms with E-state index >= 15 is 0 Å². The van der Waals surface area contributed by atoms with Crippen LogP contribution in [0.2, 0.25) is 0 Å². The summed E-state index contributed by atoms with van der Waals surface area (Å²) >= 11 is 0. The van der Waals surface area contributed by atoms with Crippen LogP contribution in [0.4, 0.5) is 51.2 Å². The minimum Gasteiger partial charge on any atom is -0.453 e. The van der Waals surface area contributed by atoms with Gasteiger partial charge in [0.05, 0.1) is 22.5 Å². The lowest BCUT2D eigenvalue weighted by Gasteiger charge is -2.35. The van der Waals surface area contributed by atoms with E-state index in [1.807, 2.05) is 24.3 Å². The van der Waals surface area contributed by atoms with Crippen LogP contribution < -0.4 is 19.4 Å². The van der Waals surface area contributed by atoms with Crippen LogP contribution in [0, 0.1) is 0 Å². The lowest BCUT2D eigenvalue weighted by atomic mass is 9.67. The fraction of sp³-hybridized carbons (Fsp3) is 0.0103. The molecule has 4 heteroatoms. The summed E-state index contributed by atoms with van der Waals surface area (Å²) in [5.41, 5.74) is 30.1. The van der Waals surface area contributed by atoms with Gasteiger partial charge < -0.3 is 19.4 Å². The van der Waals surface area contributed by atoms with Crippen LogP contribution in [0.5, 0.6) is 11.5 Å². The standard InChI is InChI=1S/C97H67N3O/c1-5-21-68(22-6-1)75-47-57-82(58-48-75)98(83-59-49-78(50-60-83)73-43-39-71(40-44-73)72-41-45-74(46-42-72)79-55-65-86(66-56-79)100-91-34-15-17-37-94(91)101-95-38-18-16-35-92(95)100)87-30-19-29-81(67-87)97(80-27-11-4-12-28-80)89-32-14-13-31-88(89)96-90(97)33-20-36-93(96)99(84-61-51-76(52-62-84)69-23-7-2-8-24-69)85-63-53-77(54-64-85)70-25-9-3-10-26-70/h1-67H. The topological polar surface area (TPSA) is 19.0 Å². The Kier molecular flexibility index (Phi) is 15.5. The van der Waals surface area contributed by atoms with E-state index in [4.69, 9.17) is 4.74 Å². The molecule has 0 spiro atoms. The highest BCUT2D eigenvalue weighted by molar-refractivity contribution is 5.98. The highest BCUT2D eigenvalue weighted by Crippen LogP contribution is 2.60. The van der Waals surface area contributed by atoms with Crippen LogP contribution in [0.15, 0.2) is 406 Å². The van der Waals surface area contributed by atoms with Crippen molar-refractivity contribution < 1.29 is 4.74 Å². The lowest BCUT2D eigenvalue weighted by Crippen LogP contribution is -2.29. The number of hydrogen-bond donors (Lipinski definition) is 0. The van der Waals surface area contributed by atoms with Gasteiger partial charge in [-0.05, 0) is 198 Å². The SMILES string of the molecule is c1ccc(-c2ccc(N(c3ccc(-c4ccc(-c5ccc(-c6ccc(N7c8ccccc8Oc8ccccc87)cc6)cc5)cc4)cc3)c3cccc(C4(c5ccccc5)c5ccccc5-c5c(N(c6ccc(-c7ccccc7)cc6)c6ccc(-c7ccccc7)cc6)cccc54)c3)cc2)cc1. The molecule has 16 aromatic carbocycles. The van der Waals surface area contributed by atoms with Crippen molar-refractivity contribution in [1.82, 2.24) is 0 Å². The second kappa shape index (κ2) is 25.9. The Hall–Kier alpha value is -13.3. The fourth-order valence-electron chi connectivity index (χ4n) is 15.3. The molecule has 476 valence electrons. The smallest absolute Gasteiger partial charge is 0.151 e. The van der Waals surface area contributed by atoms with Crippen molar-refractivity contribution in [1.29, 1.82) is 0 Å². The number of fused-ring (bicyclic) bond motifs is 5. The summed E-state index contributed by atoms with van der Waals surface area (Å²) in [6.45, 7) is 0. The molecule has 0 amide bonds. The van der Waals surface area contributed by atoms with Crippen LogP contribution in [0.25, 0.3) is 77.9 Å². The van der Waals surface area contributed by atoms with Gasteiger partial charge in [-0.1, -0.05) is 303 Å². The molecule has 0 saturated heterocycles. The van der Waals surface area contributed by atoms with Crippen molar-refractivity contribution in [2.45, 2.75) is 5.41 Å². The number of nitrogens with zero attached hydrogens (tertiary/aromatic N) is 3. The first-order valence-electron chi connectivity index (χ1n) is 34.6. The maximum atomic E-state index is 6.29. The Bertz CT molecular complexity index is 5480. The van der Waals surface area contributed by atoms with E-state index in [-0.39, 0.29) is 0 Å². The normalized spacial score (nSPS) is 13.2. The highest BCUT2D eigenvalue weighted by atomic mass is 16.5. The van der Waals surface area contributed by atoms with E-state index in [9.17, 15) is 0 Å². The van der Waals surface area contributed by atoms with Crippen molar-refractivity contribution >= 4 is 51.2 Å². The van der Waals surface area contributed by atoms with E-state index in [0.29, 0.717) is 0 Å². The summed E-state index contributed by atoms with van der Waals surface area (Å²) < 4.78 is 6.29. The third-order valence-electron chi connectivity index (χ3n) is 20.2. The van der Waals surface area contributed by atoms with Crippen LogP contribution in [0.3, 0.4) is 0 Å². The Morgan fingerprint density at radius 3 is 1.00 bits per heavy atom. The first-order chi connectivity index (χ1) is 50.1. The van der Waals surface area contributed by atoms with Gasteiger partial charge in [0.1, 0.15) is 0 Å². The molecular formula is C97H67N3O. The summed E-state index contributed by atoms with van der Waals surface area (Å²) in [6, 6.07) is 148. The second-order valence-electron chi connectivity index (χ2n) is 25.9. The largest absolute Gasteiger partial charge is 0.453 e. The molecule has 0 radical (unpaired) electrons. The van der Waals surface area contributed by atoms with Crippen molar-refractivity contribution in [2.24, 2.45) is 0 Å². The summed E-state index contributed by atoms with van der Waals surface area (Å²) in [4.78, 5) is 7.15. The zero-order valence-corrected chi connectivity index (χ0v) is 55.4. The number of para-hydroxylation sites is 4. The van der Waals surface area contributed by atoms with Crippen molar-refractivity contribution in [3.63, 3.8) is 0 Å². The Balaban J connectivity index is 0.695. The van der Waals surface area contributed by atoms with E-state index in [0.717, 1.165) is 90.5 Å². The van der Waals surface area contributed by atoms with E-state index in [1.54, 1.807) is 0 Å². The van der Waals surface area contributed by atoms with Crippen LogP contribution in [-0.4, -0.2) is 0 Å². The van der Waals surface area contributed by atoms with Gasteiger partial charge >= 0.3 is 0 Å². The van der Waals surface area contributed by atoms with E-state index in [1.165, 1.54) is 72.3 Å². The maximum absolute atomic E-state index is 6.29. The molecule has 18 rings (SSSR count).